The molecule has 0 aliphatic carbocycles. The lowest BCUT2D eigenvalue weighted by Gasteiger charge is -2.15. The van der Waals surface area contributed by atoms with Crippen molar-refractivity contribution in [3.63, 3.8) is 0 Å². The number of rotatable bonds is 6. The SMILES string of the molecule is Cc1sc(NC(=O)[C@H](C)Oc2cccc(Cl)c2)c(C(N)=O)c1-c1ccccc1. The first-order valence-electron chi connectivity index (χ1n) is 8.58. The Balaban J connectivity index is 1.85. The van der Waals surface area contributed by atoms with E-state index in [1.165, 1.54) is 11.3 Å². The topological polar surface area (TPSA) is 81.4 Å². The molecular formula is C21H19ClN2O3S. The number of carbonyl (C=O) groups excluding carboxylic acids is 2. The molecule has 2 aromatic carbocycles. The summed E-state index contributed by atoms with van der Waals surface area (Å²) in [7, 11) is 0. The standard InChI is InChI=1S/C21H19ClN2O3S/c1-12(27-16-10-6-9-15(22)11-16)20(26)24-21-18(19(23)25)17(13(2)28-21)14-7-4-3-5-8-14/h3-12H,1-2H3,(H2,23,25)(H,24,26)/t12-/m0/s1. The number of nitrogens with two attached hydrogens (primary N) is 1. The molecule has 0 saturated heterocycles. The Morgan fingerprint density at radius 1 is 1.14 bits per heavy atom. The number of primary amides is 1. The van der Waals surface area contributed by atoms with E-state index in [0.29, 0.717) is 21.3 Å². The number of thiophene rings is 1. The number of hydrogen-bond donors (Lipinski definition) is 2. The van der Waals surface area contributed by atoms with Crippen molar-refractivity contribution in [2.24, 2.45) is 5.73 Å². The molecule has 2 amide bonds. The van der Waals surface area contributed by atoms with Crippen LogP contribution >= 0.6 is 22.9 Å². The molecule has 28 heavy (non-hydrogen) atoms. The molecule has 144 valence electrons. The van der Waals surface area contributed by atoms with Crippen LogP contribution in [-0.4, -0.2) is 17.9 Å². The van der Waals surface area contributed by atoms with Gasteiger partial charge in [-0.2, -0.15) is 0 Å². The Kier molecular flexibility index (Phi) is 6.02. The minimum atomic E-state index is -0.790. The van der Waals surface area contributed by atoms with Gasteiger partial charge >= 0.3 is 0 Å². The van der Waals surface area contributed by atoms with Crippen LogP contribution in [0.5, 0.6) is 5.75 Å². The molecule has 1 aromatic heterocycles. The second kappa shape index (κ2) is 8.46. The van der Waals surface area contributed by atoms with E-state index in [2.05, 4.69) is 5.32 Å². The Bertz CT molecular complexity index is 1020. The van der Waals surface area contributed by atoms with Gasteiger partial charge in [0.15, 0.2) is 6.10 Å². The van der Waals surface area contributed by atoms with Gasteiger partial charge in [-0.15, -0.1) is 11.3 Å². The third-order valence-corrected chi connectivity index (χ3v) is 5.36. The lowest BCUT2D eigenvalue weighted by molar-refractivity contribution is -0.122. The highest BCUT2D eigenvalue weighted by molar-refractivity contribution is 7.17. The van der Waals surface area contributed by atoms with E-state index < -0.39 is 12.0 Å². The highest BCUT2D eigenvalue weighted by atomic mass is 35.5. The van der Waals surface area contributed by atoms with Gasteiger partial charge < -0.3 is 15.8 Å². The molecule has 5 nitrogen and oxygen atoms in total. The van der Waals surface area contributed by atoms with Gasteiger partial charge in [0.05, 0.1) is 5.56 Å². The van der Waals surface area contributed by atoms with Crippen LogP contribution < -0.4 is 15.8 Å². The van der Waals surface area contributed by atoms with E-state index in [0.717, 1.165) is 16.0 Å². The molecule has 3 aromatic rings. The summed E-state index contributed by atoms with van der Waals surface area (Å²) in [5.74, 6) is -0.497. The van der Waals surface area contributed by atoms with Crippen molar-refractivity contribution in [3.8, 4) is 16.9 Å². The number of aryl methyl sites for hydroxylation is 1. The summed E-state index contributed by atoms with van der Waals surface area (Å²) in [6, 6.07) is 16.3. The summed E-state index contributed by atoms with van der Waals surface area (Å²) in [5.41, 5.74) is 7.53. The number of amides is 2. The van der Waals surface area contributed by atoms with E-state index >= 15 is 0 Å². The maximum atomic E-state index is 12.6. The molecule has 1 heterocycles. The van der Waals surface area contributed by atoms with Crippen molar-refractivity contribution in [1.82, 2.24) is 0 Å². The number of benzene rings is 2. The van der Waals surface area contributed by atoms with Crippen molar-refractivity contribution in [2.75, 3.05) is 5.32 Å². The van der Waals surface area contributed by atoms with Crippen molar-refractivity contribution >= 4 is 39.8 Å². The maximum absolute atomic E-state index is 12.6. The van der Waals surface area contributed by atoms with E-state index in [9.17, 15) is 9.59 Å². The molecule has 0 radical (unpaired) electrons. The first-order valence-corrected chi connectivity index (χ1v) is 9.78. The molecule has 0 aliphatic heterocycles. The molecule has 1 atom stereocenters. The number of halogens is 1. The van der Waals surface area contributed by atoms with Crippen LogP contribution in [0.15, 0.2) is 54.6 Å². The molecular weight excluding hydrogens is 396 g/mol. The Hall–Kier alpha value is -2.83. The number of hydrogen-bond acceptors (Lipinski definition) is 4. The minimum absolute atomic E-state index is 0.303. The molecule has 0 spiro atoms. The Morgan fingerprint density at radius 3 is 2.50 bits per heavy atom. The molecule has 0 saturated carbocycles. The molecule has 0 bridgehead atoms. The summed E-state index contributed by atoms with van der Waals surface area (Å²) < 4.78 is 5.64. The summed E-state index contributed by atoms with van der Waals surface area (Å²) >= 11 is 7.25. The van der Waals surface area contributed by atoms with Crippen LogP contribution in [0.4, 0.5) is 5.00 Å². The lowest BCUT2D eigenvalue weighted by atomic mass is 10.0. The van der Waals surface area contributed by atoms with Gasteiger partial charge in [-0.3, -0.25) is 9.59 Å². The number of nitrogens with one attached hydrogen (secondary N) is 1. The summed E-state index contributed by atoms with van der Waals surface area (Å²) in [4.78, 5) is 25.6. The molecule has 0 unspecified atom stereocenters. The fraction of sp³-hybridized carbons (Fsp3) is 0.143. The summed E-state index contributed by atoms with van der Waals surface area (Å²) in [6.45, 7) is 3.51. The van der Waals surface area contributed by atoms with Crippen LogP contribution in [0.2, 0.25) is 5.02 Å². The zero-order valence-electron chi connectivity index (χ0n) is 15.4. The molecule has 3 rings (SSSR count). The lowest BCUT2D eigenvalue weighted by Crippen LogP contribution is -2.30. The van der Waals surface area contributed by atoms with E-state index in [-0.39, 0.29) is 5.91 Å². The average Bonchev–Trinajstić information content (AvgIpc) is 2.98. The largest absolute Gasteiger partial charge is 0.481 e. The maximum Gasteiger partial charge on any atom is 0.265 e. The second-order valence-electron chi connectivity index (χ2n) is 6.17. The van der Waals surface area contributed by atoms with Gasteiger partial charge in [-0.25, -0.2) is 0 Å². The number of ether oxygens (including phenoxy) is 1. The van der Waals surface area contributed by atoms with Crippen LogP contribution in [0.3, 0.4) is 0 Å². The van der Waals surface area contributed by atoms with E-state index in [4.69, 9.17) is 22.1 Å². The molecule has 3 N–H and O–H groups in total. The van der Waals surface area contributed by atoms with Gasteiger partial charge in [-0.1, -0.05) is 48.0 Å². The zero-order chi connectivity index (χ0) is 20.3. The molecule has 0 aliphatic rings. The summed E-state index contributed by atoms with van der Waals surface area (Å²) in [6.07, 6.45) is -0.790. The van der Waals surface area contributed by atoms with Crippen LogP contribution in [0.1, 0.15) is 22.2 Å². The third kappa shape index (κ3) is 4.35. The molecule has 7 heteroatoms. The monoisotopic (exact) mass is 414 g/mol. The fourth-order valence-corrected chi connectivity index (χ4v) is 4.10. The highest BCUT2D eigenvalue weighted by Gasteiger charge is 2.24. The van der Waals surface area contributed by atoms with Gasteiger partial charge in [0, 0.05) is 15.5 Å². The van der Waals surface area contributed by atoms with Crippen molar-refractivity contribution in [1.29, 1.82) is 0 Å². The number of anilines is 1. The highest BCUT2D eigenvalue weighted by Crippen LogP contribution is 2.39. The smallest absolute Gasteiger partial charge is 0.265 e. The quantitative estimate of drug-likeness (QED) is 0.603. The average molecular weight is 415 g/mol. The Labute approximate surface area is 172 Å². The van der Waals surface area contributed by atoms with Gasteiger partial charge in [-0.05, 0) is 37.6 Å². The molecule has 0 fully saturated rings. The predicted octanol–water partition coefficient (Wildman–Crippen LogP) is 4.88. The van der Waals surface area contributed by atoms with E-state index in [1.807, 2.05) is 37.3 Å². The second-order valence-corrected chi connectivity index (χ2v) is 7.84. The van der Waals surface area contributed by atoms with Crippen molar-refractivity contribution in [3.05, 3.63) is 70.1 Å². The first kappa shape index (κ1) is 19.9. The summed E-state index contributed by atoms with van der Waals surface area (Å²) in [5, 5.41) is 3.71. The van der Waals surface area contributed by atoms with Crippen molar-refractivity contribution in [2.45, 2.75) is 20.0 Å². The minimum Gasteiger partial charge on any atom is -0.481 e. The van der Waals surface area contributed by atoms with Gasteiger partial charge in [0.25, 0.3) is 11.8 Å². The zero-order valence-corrected chi connectivity index (χ0v) is 16.9. The van der Waals surface area contributed by atoms with Gasteiger partial charge in [0.1, 0.15) is 10.8 Å². The fourth-order valence-electron chi connectivity index (χ4n) is 2.83. The van der Waals surface area contributed by atoms with Crippen LogP contribution in [0.25, 0.3) is 11.1 Å². The van der Waals surface area contributed by atoms with Crippen molar-refractivity contribution < 1.29 is 14.3 Å². The third-order valence-electron chi connectivity index (χ3n) is 4.11. The van der Waals surface area contributed by atoms with Gasteiger partial charge in [0.2, 0.25) is 0 Å². The van der Waals surface area contributed by atoms with Crippen LogP contribution in [0, 0.1) is 6.92 Å². The predicted molar refractivity (Wildman–Crippen MR) is 113 cm³/mol. The first-order chi connectivity index (χ1) is 13.4. The van der Waals surface area contributed by atoms with E-state index in [1.54, 1.807) is 31.2 Å². The normalized spacial score (nSPS) is 11.7. The Morgan fingerprint density at radius 2 is 1.86 bits per heavy atom. The van der Waals surface area contributed by atoms with Crippen LogP contribution in [-0.2, 0) is 4.79 Å². The number of carbonyl (C=O) groups is 2.